The van der Waals surface area contributed by atoms with Crippen molar-refractivity contribution in [3.8, 4) is 40.4 Å². The predicted molar refractivity (Wildman–Crippen MR) is 95.6 cm³/mol. The van der Waals surface area contributed by atoms with Crippen molar-refractivity contribution >= 4 is 0 Å². The van der Waals surface area contributed by atoms with Crippen molar-refractivity contribution in [2.45, 2.75) is 6.92 Å². The van der Waals surface area contributed by atoms with E-state index < -0.39 is 0 Å². The lowest BCUT2D eigenvalue weighted by Crippen LogP contribution is -1.97. The molecule has 1 aromatic carbocycles. The second-order valence-electron chi connectivity index (χ2n) is 5.48. The van der Waals surface area contributed by atoms with E-state index >= 15 is 0 Å². The van der Waals surface area contributed by atoms with Gasteiger partial charge in [-0.3, -0.25) is 4.98 Å². The fraction of sp³-hybridized carbons (Fsp3) is 0.0526. The van der Waals surface area contributed by atoms with Crippen molar-refractivity contribution in [1.29, 1.82) is 5.26 Å². The lowest BCUT2D eigenvalue weighted by atomic mass is 10.1. The van der Waals surface area contributed by atoms with E-state index in [9.17, 15) is 5.26 Å². The van der Waals surface area contributed by atoms with Crippen LogP contribution in [0.4, 0.5) is 0 Å². The molecule has 7 heteroatoms. The summed E-state index contributed by atoms with van der Waals surface area (Å²) >= 11 is 0. The molecule has 0 bridgehead atoms. The van der Waals surface area contributed by atoms with Gasteiger partial charge in [0.2, 0.25) is 5.89 Å². The summed E-state index contributed by atoms with van der Waals surface area (Å²) in [5.74, 6) is 0.685. The van der Waals surface area contributed by atoms with E-state index in [2.05, 4.69) is 31.2 Å². The van der Waals surface area contributed by atoms with Crippen LogP contribution in [-0.2, 0) is 0 Å². The second kappa shape index (κ2) is 6.53. The van der Waals surface area contributed by atoms with Crippen LogP contribution in [0.3, 0.4) is 0 Å². The zero-order valence-electron chi connectivity index (χ0n) is 13.8. The lowest BCUT2D eigenvalue weighted by molar-refractivity contribution is 0.581. The molecule has 3 aromatic heterocycles. The summed E-state index contributed by atoms with van der Waals surface area (Å²) in [6.45, 7) is 1.81. The minimum absolute atomic E-state index is 0. The van der Waals surface area contributed by atoms with Crippen LogP contribution in [0.1, 0.15) is 12.8 Å². The van der Waals surface area contributed by atoms with Crippen molar-refractivity contribution in [3.63, 3.8) is 0 Å². The van der Waals surface area contributed by atoms with E-state index in [0.29, 0.717) is 28.5 Å². The molecule has 7 nitrogen and oxygen atoms in total. The molecular weight excluding hydrogens is 328 g/mol. The average molecular weight is 342 g/mol. The number of nitriles is 1. The summed E-state index contributed by atoms with van der Waals surface area (Å²) in [6, 6.07) is 15.1. The van der Waals surface area contributed by atoms with Gasteiger partial charge >= 0.3 is 0 Å². The highest BCUT2D eigenvalue weighted by molar-refractivity contribution is 5.67. The van der Waals surface area contributed by atoms with Crippen LogP contribution in [0.25, 0.3) is 34.3 Å². The van der Waals surface area contributed by atoms with Gasteiger partial charge in [-0.15, -0.1) is 10.2 Å². The molecule has 4 aromatic rings. The van der Waals surface area contributed by atoms with Gasteiger partial charge in [-0.2, -0.15) is 5.26 Å². The number of hydrogen-bond acceptors (Lipinski definition) is 7. The molecule has 0 aliphatic carbocycles. The van der Waals surface area contributed by atoms with Crippen LogP contribution < -0.4 is 0 Å². The molecule has 0 aliphatic heterocycles. The fourth-order valence-electron chi connectivity index (χ4n) is 2.50. The van der Waals surface area contributed by atoms with Crippen molar-refractivity contribution in [1.82, 2.24) is 25.1 Å². The fourth-order valence-corrected chi connectivity index (χ4v) is 2.50. The number of hydrogen-bond donors (Lipinski definition) is 0. The van der Waals surface area contributed by atoms with Crippen LogP contribution in [-0.4, -0.2) is 25.1 Å². The maximum absolute atomic E-state index is 9.25. The standard InChI is InChI=1S/C19H12N6O.H2/c1-12-17(19-25-24-18(26-19)13-6-3-2-4-7-13)23-16(11-22-12)14-8-5-9-21-15(14)10-20;/h2-9,11H,1H3;1H. The van der Waals surface area contributed by atoms with Crippen LogP contribution in [0.5, 0.6) is 0 Å². The van der Waals surface area contributed by atoms with Crippen LogP contribution in [0.2, 0.25) is 0 Å². The third kappa shape index (κ3) is 2.80. The molecule has 0 amide bonds. The Bertz CT molecular complexity index is 1120. The maximum atomic E-state index is 9.25. The molecule has 0 unspecified atom stereocenters. The smallest absolute Gasteiger partial charge is 0.268 e. The van der Waals surface area contributed by atoms with Gasteiger partial charge in [-0.1, -0.05) is 18.2 Å². The number of aromatic nitrogens is 5. The minimum Gasteiger partial charge on any atom is -0.415 e. The number of aryl methyl sites for hydroxylation is 1. The Morgan fingerprint density at radius 2 is 1.81 bits per heavy atom. The average Bonchev–Trinajstić information content (AvgIpc) is 3.19. The lowest BCUT2D eigenvalue weighted by Gasteiger charge is -2.05. The highest BCUT2D eigenvalue weighted by Gasteiger charge is 2.17. The van der Waals surface area contributed by atoms with Gasteiger partial charge in [0.15, 0.2) is 0 Å². The number of nitrogens with zero attached hydrogens (tertiary/aromatic N) is 6. The Labute approximate surface area is 150 Å². The van der Waals surface area contributed by atoms with Crippen molar-refractivity contribution in [3.05, 3.63) is 66.2 Å². The van der Waals surface area contributed by atoms with Crippen LogP contribution in [0, 0.1) is 18.3 Å². The van der Waals surface area contributed by atoms with E-state index in [4.69, 9.17) is 4.42 Å². The molecule has 126 valence electrons. The van der Waals surface area contributed by atoms with Gasteiger partial charge in [-0.05, 0) is 31.2 Å². The highest BCUT2D eigenvalue weighted by Crippen LogP contribution is 2.27. The van der Waals surface area contributed by atoms with Crippen molar-refractivity contribution < 1.29 is 5.84 Å². The summed E-state index contributed by atoms with van der Waals surface area (Å²) in [5.41, 5.74) is 3.37. The van der Waals surface area contributed by atoms with Gasteiger partial charge in [0.25, 0.3) is 5.89 Å². The SMILES string of the molecule is Cc1ncc(-c2cccnc2C#N)nc1-c1nnc(-c2ccccc2)o1.[HH]. The first kappa shape index (κ1) is 15.6. The number of pyridine rings is 1. The highest BCUT2D eigenvalue weighted by atomic mass is 16.4. The quantitative estimate of drug-likeness (QED) is 0.559. The minimum atomic E-state index is 0. The molecule has 0 saturated carbocycles. The summed E-state index contributed by atoms with van der Waals surface area (Å²) < 4.78 is 5.78. The number of benzene rings is 1. The van der Waals surface area contributed by atoms with E-state index in [0.717, 1.165) is 5.56 Å². The molecule has 0 saturated heterocycles. The van der Waals surface area contributed by atoms with E-state index in [-0.39, 0.29) is 13.0 Å². The molecule has 0 atom stereocenters. The zero-order valence-corrected chi connectivity index (χ0v) is 13.8. The summed E-state index contributed by atoms with van der Waals surface area (Å²) in [4.78, 5) is 13.0. The zero-order chi connectivity index (χ0) is 17.9. The maximum Gasteiger partial charge on any atom is 0.268 e. The summed E-state index contributed by atoms with van der Waals surface area (Å²) in [7, 11) is 0. The monoisotopic (exact) mass is 342 g/mol. The third-order valence-corrected chi connectivity index (χ3v) is 3.79. The number of rotatable bonds is 3. The van der Waals surface area contributed by atoms with Crippen LogP contribution >= 0.6 is 0 Å². The molecule has 0 fully saturated rings. The van der Waals surface area contributed by atoms with E-state index in [1.54, 1.807) is 24.5 Å². The molecule has 4 rings (SSSR count). The molecule has 0 spiro atoms. The van der Waals surface area contributed by atoms with Crippen molar-refractivity contribution in [2.24, 2.45) is 0 Å². The molecule has 0 radical (unpaired) electrons. The summed E-state index contributed by atoms with van der Waals surface area (Å²) in [5, 5.41) is 17.4. The second-order valence-corrected chi connectivity index (χ2v) is 5.48. The molecule has 3 heterocycles. The predicted octanol–water partition coefficient (Wildman–Crippen LogP) is 3.68. The Hall–Kier alpha value is -3.92. The van der Waals surface area contributed by atoms with Gasteiger partial charge < -0.3 is 4.42 Å². The molecule has 26 heavy (non-hydrogen) atoms. The topological polar surface area (TPSA) is 101 Å². The Kier molecular flexibility index (Phi) is 3.92. The van der Waals surface area contributed by atoms with E-state index in [1.807, 2.05) is 37.3 Å². The molecule has 0 aliphatic rings. The van der Waals surface area contributed by atoms with Gasteiger partial charge in [0.1, 0.15) is 17.5 Å². The Morgan fingerprint density at radius 3 is 2.62 bits per heavy atom. The third-order valence-electron chi connectivity index (χ3n) is 3.79. The first-order valence-corrected chi connectivity index (χ1v) is 7.84. The molecular formula is C19H14N6O. The molecule has 0 N–H and O–H groups in total. The first-order valence-electron chi connectivity index (χ1n) is 7.84. The summed E-state index contributed by atoms with van der Waals surface area (Å²) in [6.07, 6.45) is 3.17. The normalized spacial score (nSPS) is 10.5. The van der Waals surface area contributed by atoms with Gasteiger partial charge in [0.05, 0.1) is 17.6 Å². The van der Waals surface area contributed by atoms with E-state index in [1.165, 1.54) is 0 Å². The van der Waals surface area contributed by atoms with Crippen LogP contribution in [0.15, 0.2) is 59.3 Å². The largest absolute Gasteiger partial charge is 0.415 e. The Morgan fingerprint density at radius 1 is 1.00 bits per heavy atom. The Balaban J connectivity index is 0.00000210. The first-order chi connectivity index (χ1) is 12.8. The van der Waals surface area contributed by atoms with Gasteiger partial charge in [-0.25, -0.2) is 9.97 Å². The van der Waals surface area contributed by atoms with Crippen molar-refractivity contribution in [2.75, 3.05) is 0 Å². The van der Waals surface area contributed by atoms with Gasteiger partial charge in [0, 0.05) is 18.8 Å².